The maximum atomic E-state index is 12.2. The van der Waals surface area contributed by atoms with Crippen LogP contribution >= 0.6 is 11.6 Å². The van der Waals surface area contributed by atoms with Crippen molar-refractivity contribution in [1.82, 2.24) is 0 Å². The molecular weight excluding hydrogens is 296 g/mol. The fourth-order valence-electron chi connectivity index (χ4n) is 2.57. The predicted octanol–water partition coefficient (Wildman–Crippen LogP) is 1.88. The van der Waals surface area contributed by atoms with Gasteiger partial charge in [0, 0.05) is 5.56 Å². The molecule has 7 heteroatoms. The Hall–Kier alpha value is -2.08. The molecule has 0 aliphatic heterocycles. The van der Waals surface area contributed by atoms with Gasteiger partial charge in [-0.05, 0) is 31.0 Å². The Kier molecular flexibility index (Phi) is 4.47. The molecule has 1 aliphatic carbocycles. The van der Waals surface area contributed by atoms with Gasteiger partial charge in [0.25, 0.3) is 0 Å². The van der Waals surface area contributed by atoms with Gasteiger partial charge in [0.15, 0.2) is 0 Å². The van der Waals surface area contributed by atoms with Crippen LogP contribution in [0.15, 0.2) is 18.2 Å². The number of anilines is 1. The summed E-state index contributed by atoms with van der Waals surface area (Å²) in [5.74, 6) is -3.27. The molecule has 2 atom stereocenters. The second kappa shape index (κ2) is 6.13. The van der Waals surface area contributed by atoms with E-state index in [-0.39, 0.29) is 16.3 Å². The predicted molar refractivity (Wildman–Crippen MR) is 77.1 cm³/mol. The summed E-state index contributed by atoms with van der Waals surface area (Å²) in [6.07, 6.45) is 1.71. The molecule has 1 fully saturated rings. The number of nitrogens with two attached hydrogens (primary N) is 1. The lowest BCUT2D eigenvalue weighted by atomic mass is 9.95. The zero-order chi connectivity index (χ0) is 15.6. The van der Waals surface area contributed by atoms with Crippen LogP contribution in [0.2, 0.25) is 5.02 Å². The monoisotopic (exact) mass is 310 g/mol. The first kappa shape index (κ1) is 15.3. The molecule has 0 radical (unpaired) electrons. The average molecular weight is 311 g/mol. The number of halogens is 1. The Labute approximate surface area is 126 Å². The van der Waals surface area contributed by atoms with Crippen molar-refractivity contribution in [2.45, 2.75) is 19.3 Å². The lowest BCUT2D eigenvalue weighted by Crippen LogP contribution is -2.30. The molecule has 0 spiro atoms. The Bertz CT molecular complexity index is 603. The number of carbonyl (C=O) groups is 3. The van der Waals surface area contributed by atoms with Crippen LogP contribution in [0.5, 0.6) is 0 Å². The maximum absolute atomic E-state index is 12.2. The van der Waals surface area contributed by atoms with E-state index in [1.54, 1.807) is 0 Å². The zero-order valence-corrected chi connectivity index (χ0v) is 11.9. The maximum Gasteiger partial charge on any atom is 0.307 e. The van der Waals surface area contributed by atoms with E-state index in [2.05, 4.69) is 5.32 Å². The van der Waals surface area contributed by atoms with Crippen molar-refractivity contribution < 1.29 is 19.5 Å². The summed E-state index contributed by atoms with van der Waals surface area (Å²) in [4.78, 5) is 34.5. The number of amides is 2. The van der Waals surface area contributed by atoms with Crippen LogP contribution in [0.3, 0.4) is 0 Å². The van der Waals surface area contributed by atoms with E-state index < -0.39 is 29.6 Å². The second-order valence-electron chi connectivity index (χ2n) is 5.03. The molecule has 2 amide bonds. The highest BCUT2D eigenvalue weighted by molar-refractivity contribution is 6.34. The molecule has 1 aliphatic rings. The van der Waals surface area contributed by atoms with E-state index in [0.29, 0.717) is 19.3 Å². The number of rotatable bonds is 4. The number of carboxylic acids is 1. The lowest BCUT2D eigenvalue weighted by Gasteiger charge is -2.16. The van der Waals surface area contributed by atoms with Crippen molar-refractivity contribution in [2.75, 3.05) is 5.32 Å². The van der Waals surface area contributed by atoms with Gasteiger partial charge in [0.2, 0.25) is 11.8 Å². The fraction of sp³-hybridized carbons (Fsp3) is 0.357. The van der Waals surface area contributed by atoms with Crippen LogP contribution in [0.4, 0.5) is 5.69 Å². The van der Waals surface area contributed by atoms with E-state index in [1.807, 2.05) is 0 Å². The Morgan fingerprint density at radius 1 is 1.24 bits per heavy atom. The number of carboxylic acid groups (broad SMARTS) is 1. The van der Waals surface area contributed by atoms with E-state index in [1.165, 1.54) is 18.2 Å². The van der Waals surface area contributed by atoms with Crippen molar-refractivity contribution in [3.8, 4) is 0 Å². The van der Waals surface area contributed by atoms with Gasteiger partial charge in [-0.15, -0.1) is 0 Å². The van der Waals surface area contributed by atoms with Crippen molar-refractivity contribution >= 4 is 35.1 Å². The first-order valence-electron chi connectivity index (χ1n) is 6.53. The topological polar surface area (TPSA) is 109 Å². The number of hydrogen-bond donors (Lipinski definition) is 3. The highest BCUT2D eigenvalue weighted by Gasteiger charge is 2.37. The minimum atomic E-state index is -0.968. The number of benzene rings is 1. The van der Waals surface area contributed by atoms with Crippen molar-refractivity contribution in [2.24, 2.45) is 17.6 Å². The number of carbonyl (C=O) groups excluding carboxylic acids is 2. The second-order valence-corrected chi connectivity index (χ2v) is 5.44. The van der Waals surface area contributed by atoms with Crippen molar-refractivity contribution in [1.29, 1.82) is 0 Å². The molecule has 1 saturated carbocycles. The van der Waals surface area contributed by atoms with Gasteiger partial charge in [-0.25, -0.2) is 0 Å². The van der Waals surface area contributed by atoms with Gasteiger partial charge >= 0.3 is 5.97 Å². The van der Waals surface area contributed by atoms with Crippen LogP contribution in [0.1, 0.15) is 29.6 Å². The van der Waals surface area contributed by atoms with Gasteiger partial charge < -0.3 is 16.2 Å². The SMILES string of the molecule is NC(=O)c1ccc(Cl)c(NC(=O)C2CCCC2C(=O)O)c1. The Morgan fingerprint density at radius 2 is 1.90 bits per heavy atom. The minimum Gasteiger partial charge on any atom is -0.481 e. The summed E-state index contributed by atoms with van der Waals surface area (Å²) in [5.41, 5.74) is 5.65. The minimum absolute atomic E-state index is 0.218. The standard InChI is InChI=1S/C14H15ClN2O4/c15-10-5-4-7(12(16)18)6-11(10)17-13(19)8-2-1-3-9(8)14(20)21/h4-6,8-9H,1-3H2,(H2,16,18)(H,17,19)(H,20,21). The molecule has 1 aromatic rings. The molecule has 6 nitrogen and oxygen atoms in total. The molecule has 0 heterocycles. The third kappa shape index (κ3) is 3.33. The molecule has 2 rings (SSSR count). The van der Waals surface area contributed by atoms with Crippen molar-refractivity contribution in [3.05, 3.63) is 28.8 Å². The fourth-order valence-corrected chi connectivity index (χ4v) is 2.73. The first-order valence-corrected chi connectivity index (χ1v) is 6.91. The number of aliphatic carboxylic acids is 1. The van der Waals surface area contributed by atoms with Gasteiger partial charge in [-0.3, -0.25) is 14.4 Å². The van der Waals surface area contributed by atoms with E-state index >= 15 is 0 Å². The molecule has 1 aromatic carbocycles. The smallest absolute Gasteiger partial charge is 0.307 e. The normalized spacial score (nSPS) is 21.0. The molecule has 4 N–H and O–H groups in total. The van der Waals surface area contributed by atoms with Crippen LogP contribution in [-0.4, -0.2) is 22.9 Å². The molecule has 0 aromatic heterocycles. The molecular formula is C14H15ClN2O4. The van der Waals surface area contributed by atoms with Crippen LogP contribution < -0.4 is 11.1 Å². The van der Waals surface area contributed by atoms with Gasteiger partial charge in [-0.2, -0.15) is 0 Å². The summed E-state index contributed by atoms with van der Waals surface area (Å²) in [7, 11) is 0. The molecule has 112 valence electrons. The largest absolute Gasteiger partial charge is 0.481 e. The number of nitrogens with one attached hydrogen (secondary N) is 1. The quantitative estimate of drug-likeness (QED) is 0.788. The first-order chi connectivity index (χ1) is 9.90. The molecule has 0 bridgehead atoms. The number of primary amides is 1. The summed E-state index contributed by atoms with van der Waals surface area (Å²) >= 11 is 5.97. The van der Waals surface area contributed by atoms with E-state index in [0.717, 1.165) is 0 Å². The van der Waals surface area contributed by atoms with Crippen LogP contribution in [0, 0.1) is 11.8 Å². The summed E-state index contributed by atoms with van der Waals surface area (Å²) in [5, 5.41) is 12.0. The Balaban J connectivity index is 2.18. The molecule has 2 unspecified atom stereocenters. The highest BCUT2D eigenvalue weighted by atomic mass is 35.5. The average Bonchev–Trinajstić information content (AvgIpc) is 2.90. The summed E-state index contributed by atoms with van der Waals surface area (Å²) in [6, 6.07) is 4.30. The highest BCUT2D eigenvalue weighted by Crippen LogP contribution is 2.33. The Morgan fingerprint density at radius 3 is 2.52 bits per heavy atom. The molecule has 21 heavy (non-hydrogen) atoms. The van der Waals surface area contributed by atoms with Gasteiger partial charge in [0.1, 0.15) is 0 Å². The summed E-state index contributed by atoms with van der Waals surface area (Å²) in [6.45, 7) is 0. The number of hydrogen-bond acceptors (Lipinski definition) is 3. The van der Waals surface area contributed by atoms with Crippen molar-refractivity contribution in [3.63, 3.8) is 0 Å². The van der Waals surface area contributed by atoms with Crippen LogP contribution in [0.25, 0.3) is 0 Å². The van der Waals surface area contributed by atoms with Crippen LogP contribution in [-0.2, 0) is 9.59 Å². The van der Waals surface area contributed by atoms with Gasteiger partial charge in [-0.1, -0.05) is 18.0 Å². The summed E-state index contributed by atoms with van der Waals surface area (Å²) < 4.78 is 0. The third-order valence-electron chi connectivity index (χ3n) is 3.68. The third-order valence-corrected chi connectivity index (χ3v) is 4.01. The molecule has 0 saturated heterocycles. The zero-order valence-electron chi connectivity index (χ0n) is 11.1. The van der Waals surface area contributed by atoms with E-state index in [9.17, 15) is 14.4 Å². The van der Waals surface area contributed by atoms with E-state index in [4.69, 9.17) is 22.4 Å². The van der Waals surface area contributed by atoms with Gasteiger partial charge in [0.05, 0.1) is 22.5 Å². The lowest BCUT2D eigenvalue weighted by molar-refractivity contribution is -0.145.